The highest BCUT2D eigenvalue weighted by Gasteiger charge is 2.21. The lowest BCUT2D eigenvalue weighted by Gasteiger charge is -2.19. The molecule has 0 spiro atoms. The van der Waals surface area contributed by atoms with Gasteiger partial charge in [-0.25, -0.2) is 9.78 Å². The highest BCUT2D eigenvalue weighted by molar-refractivity contribution is 6.31. The Morgan fingerprint density at radius 2 is 2.17 bits per heavy atom. The molecule has 0 unspecified atom stereocenters. The normalized spacial score (nSPS) is 15.8. The van der Waals surface area contributed by atoms with Crippen molar-refractivity contribution >= 4 is 34.4 Å². The van der Waals surface area contributed by atoms with E-state index in [0.717, 1.165) is 18.4 Å². The minimum atomic E-state index is -0.461. The first-order valence-corrected chi connectivity index (χ1v) is 8.46. The van der Waals surface area contributed by atoms with Crippen molar-refractivity contribution in [2.24, 2.45) is 0 Å². The molecule has 1 aromatic heterocycles. The van der Waals surface area contributed by atoms with E-state index >= 15 is 0 Å². The fraction of sp³-hybridized carbons (Fsp3) is 0.389. The van der Waals surface area contributed by atoms with E-state index < -0.39 is 5.97 Å². The fourth-order valence-corrected chi connectivity index (χ4v) is 2.95. The molecular formula is C18H19ClN2O3. The Kier molecular flexibility index (Phi) is 5.00. The second-order valence-corrected chi connectivity index (χ2v) is 6.46. The molecule has 2 heterocycles. The van der Waals surface area contributed by atoms with Crippen molar-refractivity contribution in [3.8, 4) is 0 Å². The molecule has 1 saturated heterocycles. The number of carbonyl (C=O) groups excluding carboxylic acids is 2. The van der Waals surface area contributed by atoms with Crippen molar-refractivity contribution in [2.45, 2.75) is 32.3 Å². The summed E-state index contributed by atoms with van der Waals surface area (Å²) < 4.78 is 5.44. The summed E-state index contributed by atoms with van der Waals surface area (Å²) in [7, 11) is 0. The molecule has 0 N–H and O–H groups in total. The van der Waals surface area contributed by atoms with E-state index in [4.69, 9.17) is 16.3 Å². The van der Waals surface area contributed by atoms with Gasteiger partial charge in [0.25, 0.3) is 0 Å². The van der Waals surface area contributed by atoms with Gasteiger partial charge in [0, 0.05) is 36.3 Å². The molecule has 0 bridgehead atoms. The van der Waals surface area contributed by atoms with E-state index in [1.807, 2.05) is 24.0 Å². The van der Waals surface area contributed by atoms with Crippen LogP contribution in [0.25, 0.3) is 10.9 Å². The summed E-state index contributed by atoms with van der Waals surface area (Å²) >= 11 is 5.96. The quantitative estimate of drug-likeness (QED) is 0.778. The summed E-state index contributed by atoms with van der Waals surface area (Å²) in [6.45, 7) is 3.25. The van der Waals surface area contributed by atoms with Crippen molar-refractivity contribution < 1.29 is 14.3 Å². The van der Waals surface area contributed by atoms with Crippen molar-refractivity contribution in [3.05, 3.63) is 41.0 Å². The smallest absolute Gasteiger partial charge is 0.357 e. The number of nitrogens with zero attached hydrogens (tertiary/aromatic N) is 2. The van der Waals surface area contributed by atoms with Crippen molar-refractivity contribution in [3.63, 3.8) is 0 Å². The number of pyridine rings is 1. The molecule has 1 aliphatic heterocycles. The standard InChI is InChI=1S/C18H19ClN2O3/c1-12(8-10-21-9-2-3-17(21)22)24-18(23)15-7-5-13-4-6-14(19)11-16(13)20-15/h4-7,11-12H,2-3,8-10H2,1H3/t12-/m1/s1. The van der Waals surface area contributed by atoms with E-state index in [1.165, 1.54) is 0 Å². The Balaban J connectivity index is 1.60. The van der Waals surface area contributed by atoms with Gasteiger partial charge in [-0.15, -0.1) is 0 Å². The van der Waals surface area contributed by atoms with E-state index in [9.17, 15) is 9.59 Å². The summed E-state index contributed by atoms with van der Waals surface area (Å²) in [5.41, 5.74) is 0.918. The summed E-state index contributed by atoms with van der Waals surface area (Å²) in [5, 5.41) is 1.49. The predicted octanol–water partition coefficient (Wildman–Crippen LogP) is 3.45. The maximum absolute atomic E-state index is 12.2. The van der Waals surface area contributed by atoms with E-state index in [1.54, 1.807) is 18.2 Å². The Labute approximate surface area is 145 Å². The number of likely N-dealkylation sites (tertiary alicyclic amines) is 1. The molecule has 0 radical (unpaired) electrons. The lowest BCUT2D eigenvalue weighted by molar-refractivity contribution is -0.127. The SMILES string of the molecule is C[C@H](CCN1CCCC1=O)OC(=O)c1ccc2ccc(Cl)cc2n1. The van der Waals surface area contributed by atoms with Gasteiger partial charge in [0.1, 0.15) is 11.8 Å². The zero-order valence-corrected chi connectivity index (χ0v) is 14.3. The molecule has 2 aromatic rings. The molecular weight excluding hydrogens is 328 g/mol. The Hall–Kier alpha value is -2.14. The third kappa shape index (κ3) is 3.85. The van der Waals surface area contributed by atoms with Crippen LogP contribution in [-0.4, -0.2) is 41.0 Å². The average molecular weight is 347 g/mol. The molecule has 1 fully saturated rings. The topological polar surface area (TPSA) is 59.5 Å². The van der Waals surface area contributed by atoms with Gasteiger partial charge < -0.3 is 9.64 Å². The first-order valence-electron chi connectivity index (χ1n) is 8.08. The molecule has 1 aromatic carbocycles. The number of esters is 1. The van der Waals surface area contributed by atoms with Gasteiger partial charge in [0.2, 0.25) is 5.91 Å². The Bertz CT molecular complexity index is 778. The van der Waals surface area contributed by atoms with Crippen LogP contribution in [-0.2, 0) is 9.53 Å². The van der Waals surface area contributed by atoms with Gasteiger partial charge >= 0.3 is 5.97 Å². The van der Waals surface area contributed by atoms with Gasteiger partial charge in [-0.3, -0.25) is 4.79 Å². The Morgan fingerprint density at radius 1 is 1.38 bits per heavy atom. The second kappa shape index (κ2) is 7.18. The van der Waals surface area contributed by atoms with Crippen molar-refractivity contribution in [2.75, 3.05) is 13.1 Å². The highest BCUT2D eigenvalue weighted by Crippen LogP contribution is 2.19. The van der Waals surface area contributed by atoms with Crippen LogP contribution in [0.3, 0.4) is 0 Å². The monoisotopic (exact) mass is 346 g/mol. The van der Waals surface area contributed by atoms with E-state index in [-0.39, 0.29) is 17.7 Å². The number of benzene rings is 1. The molecule has 1 atom stereocenters. The van der Waals surface area contributed by atoms with E-state index in [0.29, 0.717) is 29.9 Å². The lowest BCUT2D eigenvalue weighted by atomic mass is 10.2. The van der Waals surface area contributed by atoms with Crippen LogP contribution in [0.5, 0.6) is 0 Å². The van der Waals surface area contributed by atoms with Gasteiger partial charge in [-0.1, -0.05) is 23.7 Å². The summed E-state index contributed by atoms with van der Waals surface area (Å²) in [6, 6.07) is 8.83. The largest absolute Gasteiger partial charge is 0.458 e. The molecule has 1 aliphatic rings. The number of carbonyl (C=O) groups is 2. The predicted molar refractivity (Wildman–Crippen MR) is 92.1 cm³/mol. The third-order valence-electron chi connectivity index (χ3n) is 4.15. The average Bonchev–Trinajstić information content (AvgIpc) is 2.97. The maximum atomic E-state index is 12.2. The molecule has 0 saturated carbocycles. The zero-order valence-electron chi connectivity index (χ0n) is 13.5. The maximum Gasteiger partial charge on any atom is 0.357 e. The van der Waals surface area contributed by atoms with Gasteiger partial charge in [0.05, 0.1) is 5.52 Å². The van der Waals surface area contributed by atoms with Crippen LogP contribution < -0.4 is 0 Å². The second-order valence-electron chi connectivity index (χ2n) is 6.02. The Morgan fingerprint density at radius 3 is 2.92 bits per heavy atom. The number of ether oxygens (including phenoxy) is 1. The summed E-state index contributed by atoms with van der Waals surface area (Å²) in [5.74, 6) is -0.279. The van der Waals surface area contributed by atoms with E-state index in [2.05, 4.69) is 4.98 Å². The van der Waals surface area contributed by atoms with Crippen LogP contribution in [0, 0.1) is 0 Å². The number of rotatable bonds is 5. The van der Waals surface area contributed by atoms with Gasteiger partial charge in [-0.05, 0) is 31.5 Å². The van der Waals surface area contributed by atoms with Crippen LogP contribution in [0.1, 0.15) is 36.7 Å². The fourth-order valence-electron chi connectivity index (χ4n) is 2.78. The molecule has 126 valence electrons. The van der Waals surface area contributed by atoms with Crippen LogP contribution in [0.2, 0.25) is 5.02 Å². The minimum Gasteiger partial charge on any atom is -0.458 e. The number of fused-ring (bicyclic) bond motifs is 1. The summed E-state index contributed by atoms with van der Waals surface area (Å²) in [4.78, 5) is 30.0. The molecule has 6 heteroatoms. The van der Waals surface area contributed by atoms with Crippen LogP contribution in [0.4, 0.5) is 0 Å². The first-order chi connectivity index (χ1) is 11.5. The molecule has 1 amide bonds. The van der Waals surface area contributed by atoms with Gasteiger partial charge in [0.15, 0.2) is 0 Å². The third-order valence-corrected chi connectivity index (χ3v) is 4.38. The summed E-state index contributed by atoms with van der Waals surface area (Å²) in [6.07, 6.45) is 1.88. The van der Waals surface area contributed by atoms with Crippen molar-refractivity contribution in [1.82, 2.24) is 9.88 Å². The minimum absolute atomic E-state index is 0.182. The molecule has 24 heavy (non-hydrogen) atoms. The number of hydrogen-bond donors (Lipinski definition) is 0. The van der Waals surface area contributed by atoms with Crippen LogP contribution in [0.15, 0.2) is 30.3 Å². The first kappa shape index (κ1) is 16.7. The zero-order chi connectivity index (χ0) is 17.1. The number of amides is 1. The van der Waals surface area contributed by atoms with Gasteiger partial charge in [-0.2, -0.15) is 0 Å². The highest BCUT2D eigenvalue weighted by atomic mass is 35.5. The number of halogens is 1. The molecule has 5 nitrogen and oxygen atoms in total. The van der Waals surface area contributed by atoms with Crippen molar-refractivity contribution in [1.29, 1.82) is 0 Å². The lowest BCUT2D eigenvalue weighted by Crippen LogP contribution is -2.29. The molecule has 3 rings (SSSR count). The number of aromatic nitrogens is 1. The number of hydrogen-bond acceptors (Lipinski definition) is 4. The molecule has 0 aliphatic carbocycles. The van der Waals surface area contributed by atoms with Crippen LogP contribution >= 0.6 is 11.6 Å².